The summed E-state index contributed by atoms with van der Waals surface area (Å²) in [5.41, 5.74) is 0. The molecule has 1 saturated heterocycles. The minimum atomic E-state index is -3.41. The number of sulfonamides is 1. The van der Waals surface area contributed by atoms with E-state index in [0.717, 1.165) is 19.4 Å². The molecule has 104 valence electrons. The Hall–Kier alpha value is -0.560. The smallest absolute Gasteiger partial charge is 0.276 e. The quantitative estimate of drug-likeness (QED) is 0.910. The van der Waals surface area contributed by atoms with E-state index in [2.05, 4.69) is 5.32 Å². The van der Waals surface area contributed by atoms with Crippen molar-refractivity contribution in [2.75, 3.05) is 26.7 Å². The molecule has 1 aromatic rings. The van der Waals surface area contributed by atoms with E-state index in [1.54, 1.807) is 6.07 Å². The van der Waals surface area contributed by atoms with Gasteiger partial charge in [0.1, 0.15) is 0 Å². The molecule has 0 radical (unpaired) electrons. The third-order valence-electron chi connectivity index (χ3n) is 3.16. The van der Waals surface area contributed by atoms with Gasteiger partial charge in [-0.15, -0.1) is 12.4 Å². The third kappa shape index (κ3) is 3.26. The van der Waals surface area contributed by atoms with Crippen LogP contribution >= 0.6 is 12.4 Å². The van der Waals surface area contributed by atoms with Crippen molar-refractivity contribution in [2.24, 2.45) is 5.92 Å². The summed E-state index contributed by atoms with van der Waals surface area (Å²) in [5.74, 6) is 0.572. The highest BCUT2D eigenvalue weighted by molar-refractivity contribution is 7.89. The molecule has 7 heteroatoms. The zero-order valence-corrected chi connectivity index (χ0v) is 12.0. The van der Waals surface area contributed by atoms with Crippen molar-refractivity contribution in [3.63, 3.8) is 0 Å². The highest BCUT2D eigenvalue weighted by Gasteiger charge is 2.30. The summed E-state index contributed by atoms with van der Waals surface area (Å²) in [5, 5.41) is 3.18. The van der Waals surface area contributed by atoms with Crippen LogP contribution in [0.15, 0.2) is 27.9 Å². The molecule has 2 heterocycles. The molecule has 2 rings (SSSR count). The number of rotatable bonds is 4. The Morgan fingerprint density at radius 1 is 1.44 bits per heavy atom. The Morgan fingerprint density at radius 3 is 2.61 bits per heavy atom. The summed E-state index contributed by atoms with van der Waals surface area (Å²) in [4.78, 5) is 0. The van der Waals surface area contributed by atoms with Crippen LogP contribution in [0.3, 0.4) is 0 Å². The first-order valence-corrected chi connectivity index (χ1v) is 7.27. The SMILES string of the molecule is CNCC1CCN(S(=O)(=O)c2ccco2)CC1.Cl. The molecule has 18 heavy (non-hydrogen) atoms. The first kappa shape index (κ1) is 15.5. The van der Waals surface area contributed by atoms with Crippen LogP contribution < -0.4 is 5.32 Å². The molecular weight excluding hydrogens is 276 g/mol. The molecule has 0 amide bonds. The second kappa shape index (κ2) is 6.56. The van der Waals surface area contributed by atoms with E-state index in [0.29, 0.717) is 19.0 Å². The lowest BCUT2D eigenvalue weighted by Crippen LogP contribution is -2.40. The van der Waals surface area contributed by atoms with Crippen molar-refractivity contribution in [1.82, 2.24) is 9.62 Å². The van der Waals surface area contributed by atoms with Gasteiger partial charge in [-0.3, -0.25) is 0 Å². The van der Waals surface area contributed by atoms with Crippen molar-refractivity contribution in [2.45, 2.75) is 17.9 Å². The van der Waals surface area contributed by atoms with Crippen LogP contribution in [0.1, 0.15) is 12.8 Å². The second-order valence-electron chi connectivity index (χ2n) is 4.34. The molecule has 1 fully saturated rings. The molecule has 0 saturated carbocycles. The standard InChI is InChI=1S/C11H18N2O3S.ClH/c1-12-9-10-4-6-13(7-5-10)17(14,15)11-3-2-8-16-11;/h2-3,8,10,12H,4-7,9H2,1H3;1H. The Bertz CT molecular complexity index is 439. The van der Waals surface area contributed by atoms with E-state index < -0.39 is 10.0 Å². The molecule has 1 aliphatic rings. The van der Waals surface area contributed by atoms with Crippen LogP contribution in [0.5, 0.6) is 0 Å². The maximum atomic E-state index is 12.1. The van der Waals surface area contributed by atoms with Crippen molar-refractivity contribution in [3.8, 4) is 0 Å². The van der Waals surface area contributed by atoms with Gasteiger partial charge in [0.2, 0.25) is 5.09 Å². The van der Waals surface area contributed by atoms with Gasteiger partial charge in [0.15, 0.2) is 0 Å². The van der Waals surface area contributed by atoms with Crippen molar-refractivity contribution in [3.05, 3.63) is 18.4 Å². The molecule has 0 unspecified atom stereocenters. The van der Waals surface area contributed by atoms with Crippen molar-refractivity contribution < 1.29 is 12.8 Å². The summed E-state index contributed by atoms with van der Waals surface area (Å²) in [7, 11) is -1.49. The minimum Gasteiger partial charge on any atom is -0.452 e. The lowest BCUT2D eigenvalue weighted by Gasteiger charge is -2.30. The first-order chi connectivity index (χ1) is 8.14. The van der Waals surface area contributed by atoms with E-state index in [9.17, 15) is 8.42 Å². The molecule has 1 N–H and O–H groups in total. The van der Waals surface area contributed by atoms with Crippen LogP contribution in [0, 0.1) is 5.92 Å². The van der Waals surface area contributed by atoms with Crippen LogP contribution in [0.2, 0.25) is 0 Å². The lowest BCUT2D eigenvalue weighted by atomic mass is 9.98. The first-order valence-electron chi connectivity index (χ1n) is 5.83. The Balaban J connectivity index is 0.00000162. The predicted molar refractivity (Wildman–Crippen MR) is 71.4 cm³/mol. The molecule has 0 bridgehead atoms. The van der Waals surface area contributed by atoms with E-state index in [-0.39, 0.29) is 17.5 Å². The number of piperidine rings is 1. The van der Waals surface area contributed by atoms with Crippen molar-refractivity contribution >= 4 is 22.4 Å². The zero-order chi connectivity index (χ0) is 12.3. The largest absolute Gasteiger partial charge is 0.452 e. The molecular formula is C11H19ClN2O3S. The van der Waals surface area contributed by atoms with Gasteiger partial charge in [-0.1, -0.05) is 0 Å². The topological polar surface area (TPSA) is 62.6 Å². The molecule has 1 aromatic heterocycles. The van der Waals surface area contributed by atoms with E-state index in [1.807, 2.05) is 7.05 Å². The summed E-state index contributed by atoms with van der Waals surface area (Å²) in [6.07, 6.45) is 3.20. The maximum absolute atomic E-state index is 12.1. The summed E-state index contributed by atoms with van der Waals surface area (Å²) in [6, 6.07) is 3.09. The number of nitrogens with one attached hydrogen (secondary N) is 1. The molecule has 0 aliphatic carbocycles. The Labute approximate surface area is 114 Å². The maximum Gasteiger partial charge on any atom is 0.276 e. The van der Waals surface area contributed by atoms with Gasteiger partial charge >= 0.3 is 0 Å². The molecule has 5 nitrogen and oxygen atoms in total. The monoisotopic (exact) mass is 294 g/mol. The molecule has 0 aromatic carbocycles. The lowest BCUT2D eigenvalue weighted by molar-refractivity contribution is 0.265. The summed E-state index contributed by atoms with van der Waals surface area (Å²) in [6.45, 7) is 2.11. The fourth-order valence-electron chi connectivity index (χ4n) is 2.18. The fourth-order valence-corrected chi connectivity index (χ4v) is 3.55. The summed E-state index contributed by atoms with van der Waals surface area (Å²) >= 11 is 0. The molecule has 1 aliphatic heterocycles. The number of halogens is 1. The number of nitrogens with zero attached hydrogens (tertiary/aromatic N) is 1. The van der Waals surface area contributed by atoms with Gasteiger partial charge in [-0.2, -0.15) is 4.31 Å². The Morgan fingerprint density at radius 2 is 2.11 bits per heavy atom. The van der Waals surface area contributed by atoms with Gasteiger partial charge in [-0.25, -0.2) is 8.42 Å². The Kier molecular flexibility index (Phi) is 5.65. The number of furan rings is 1. The normalized spacial score (nSPS) is 18.5. The summed E-state index contributed by atoms with van der Waals surface area (Å²) < 4.78 is 30.8. The van der Waals surface area contributed by atoms with Crippen molar-refractivity contribution in [1.29, 1.82) is 0 Å². The fraction of sp³-hybridized carbons (Fsp3) is 0.636. The van der Waals surface area contributed by atoms with Crippen LogP contribution in [-0.2, 0) is 10.0 Å². The van der Waals surface area contributed by atoms with E-state index >= 15 is 0 Å². The van der Waals surface area contributed by atoms with Gasteiger partial charge in [0.05, 0.1) is 6.26 Å². The number of hydrogen-bond donors (Lipinski definition) is 1. The highest BCUT2D eigenvalue weighted by atomic mass is 35.5. The van der Waals surface area contributed by atoms with Gasteiger partial charge in [-0.05, 0) is 44.5 Å². The van der Waals surface area contributed by atoms with E-state index in [4.69, 9.17) is 4.42 Å². The van der Waals surface area contributed by atoms with Crippen LogP contribution in [0.25, 0.3) is 0 Å². The third-order valence-corrected chi connectivity index (χ3v) is 4.94. The highest BCUT2D eigenvalue weighted by Crippen LogP contribution is 2.23. The average molecular weight is 295 g/mol. The molecule has 0 atom stereocenters. The minimum absolute atomic E-state index is 0. The number of hydrogen-bond acceptors (Lipinski definition) is 4. The van der Waals surface area contributed by atoms with Gasteiger partial charge < -0.3 is 9.73 Å². The average Bonchev–Trinajstić information content (AvgIpc) is 2.84. The predicted octanol–water partition coefficient (Wildman–Crippen LogP) is 1.32. The van der Waals surface area contributed by atoms with Gasteiger partial charge in [0.25, 0.3) is 10.0 Å². The van der Waals surface area contributed by atoms with E-state index in [1.165, 1.54) is 16.6 Å². The van der Waals surface area contributed by atoms with Gasteiger partial charge in [0, 0.05) is 13.1 Å². The van der Waals surface area contributed by atoms with Crippen LogP contribution in [-0.4, -0.2) is 39.4 Å². The zero-order valence-electron chi connectivity index (χ0n) is 10.3. The van der Waals surface area contributed by atoms with Crippen LogP contribution in [0.4, 0.5) is 0 Å². The molecule has 0 spiro atoms. The second-order valence-corrected chi connectivity index (χ2v) is 6.21.